The minimum Gasteiger partial charge on any atom is -0.497 e. The number of methoxy groups -OCH3 is 1. The van der Waals surface area contributed by atoms with Gasteiger partial charge in [-0.15, -0.1) is 0 Å². The van der Waals surface area contributed by atoms with E-state index < -0.39 is 23.9 Å². The Hall–Kier alpha value is -3.49. The average molecular weight is 520 g/mol. The molecule has 0 spiro atoms. The fourth-order valence-electron chi connectivity index (χ4n) is 4.67. The highest BCUT2D eigenvalue weighted by Crippen LogP contribution is 2.43. The highest BCUT2D eigenvalue weighted by atomic mass is 79.9. The number of nitrogens with one attached hydrogen (secondary N) is 1. The number of ether oxygens (including phenoxy) is 1. The lowest BCUT2D eigenvalue weighted by atomic mass is 9.90. The third kappa shape index (κ3) is 3.69. The summed E-state index contributed by atoms with van der Waals surface area (Å²) < 4.78 is 6.10. The number of fused-ring (bicyclic) bond motifs is 1. The quantitative estimate of drug-likeness (QED) is 0.526. The van der Waals surface area contributed by atoms with Gasteiger partial charge in [-0.2, -0.15) is 0 Å². The van der Waals surface area contributed by atoms with E-state index in [1.807, 2.05) is 43.3 Å². The Kier molecular flexibility index (Phi) is 5.71. The van der Waals surface area contributed by atoms with Gasteiger partial charge in [-0.25, -0.2) is 10.3 Å². The van der Waals surface area contributed by atoms with E-state index in [2.05, 4.69) is 21.4 Å². The number of nitrogens with zero attached hydrogens (tertiary/aromatic N) is 2. The normalized spacial score (nSPS) is 21.7. The monoisotopic (exact) mass is 519 g/mol. The Bertz CT molecular complexity index is 1310. The molecule has 3 aromatic rings. The second kappa shape index (κ2) is 8.70. The molecular formula is C26H22BrN3O4. The molecule has 3 amide bonds. The lowest BCUT2D eigenvalue weighted by molar-refractivity contribution is -0.123. The molecule has 2 fully saturated rings. The number of hydrazine groups is 1. The van der Waals surface area contributed by atoms with Gasteiger partial charge in [0.05, 0.1) is 24.8 Å². The van der Waals surface area contributed by atoms with Gasteiger partial charge in [0.25, 0.3) is 11.8 Å². The number of anilines is 1. The molecule has 34 heavy (non-hydrogen) atoms. The van der Waals surface area contributed by atoms with Crippen LogP contribution in [0, 0.1) is 12.8 Å². The van der Waals surface area contributed by atoms with Crippen molar-refractivity contribution in [1.82, 2.24) is 10.4 Å². The summed E-state index contributed by atoms with van der Waals surface area (Å²) >= 11 is 3.39. The fraction of sp³-hybridized carbons (Fsp3) is 0.192. The van der Waals surface area contributed by atoms with Gasteiger partial charge in [-0.1, -0.05) is 46.3 Å². The van der Waals surface area contributed by atoms with Gasteiger partial charge in [-0.3, -0.25) is 19.4 Å². The van der Waals surface area contributed by atoms with Crippen LogP contribution in [0.25, 0.3) is 0 Å². The van der Waals surface area contributed by atoms with Crippen LogP contribution in [0.3, 0.4) is 0 Å². The van der Waals surface area contributed by atoms with E-state index in [0.717, 1.165) is 15.6 Å². The number of imide groups is 1. The number of aryl methyl sites for hydroxylation is 1. The zero-order valence-electron chi connectivity index (χ0n) is 18.6. The van der Waals surface area contributed by atoms with Crippen molar-refractivity contribution in [3.8, 4) is 5.75 Å². The van der Waals surface area contributed by atoms with E-state index in [9.17, 15) is 14.4 Å². The molecule has 7 nitrogen and oxygen atoms in total. The number of hydrogen-bond donors (Lipinski definition) is 1. The Balaban J connectivity index is 1.60. The van der Waals surface area contributed by atoms with Gasteiger partial charge in [-0.05, 0) is 60.5 Å². The number of hydrogen-bond acceptors (Lipinski definition) is 5. The summed E-state index contributed by atoms with van der Waals surface area (Å²) in [6, 6.07) is 19.9. The lowest BCUT2D eigenvalue weighted by Crippen LogP contribution is -2.48. The molecule has 2 aliphatic heterocycles. The summed E-state index contributed by atoms with van der Waals surface area (Å²) in [5.41, 5.74) is 5.76. The van der Waals surface area contributed by atoms with Crippen molar-refractivity contribution in [1.29, 1.82) is 0 Å². The predicted octanol–water partition coefficient (Wildman–Crippen LogP) is 4.03. The average Bonchev–Trinajstić information content (AvgIpc) is 3.35. The Morgan fingerprint density at radius 2 is 1.74 bits per heavy atom. The number of rotatable bonds is 4. The molecule has 2 saturated heterocycles. The van der Waals surface area contributed by atoms with E-state index in [1.54, 1.807) is 43.5 Å². The minimum atomic E-state index is -0.976. The van der Waals surface area contributed by atoms with E-state index in [-0.39, 0.29) is 11.8 Å². The van der Waals surface area contributed by atoms with E-state index in [0.29, 0.717) is 17.0 Å². The van der Waals surface area contributed by atoms with E-state index in [1.165, 1.54) is 9.91 Å². The third-order valence-corrected chi connectivity index (χ3v) is 6.73. The standard InChI is InChI=1S/C26H22BrN3O4/c1-15-6-3-10-19(12-15)29-25(32)21-22(16-7-5-11-20(14-16)34-2)28-30(23(21)26(29)33)24(31)17-8-4-9-18(27)13-17/h3-14,21-23,28H,1-2H3/t21-,22-,23+/m0/s1. The summed E-state index contributed by atoms with van der Waals surface area (Å²) in [7, 11) is 1.57. The molecule has 2 heterocycles. The summed E-state index contributed by atoms with van der Waals surface area (Å²) in [5.74, 6) is -1.31. The zero-order valence-corrected chi connectivity index (χ0v) is 20.2. The Morgan fingerprint density at radius 3 is 2.47 bits per heavy atom. The maximum Gasteiger partial charge on any atom is 0.268 e. The van der Waals surface area contributed by atoms with Crippen LogP contribution in [0.2, 0.25) is 0 Å². The molecule has 0 bridgehead atoms. The van der Waals surface area contributed by atoms with Crippen molar-refractivity contribution in [3.63, 3.8) is 0 Å². The highest BCUT2D eigenvalue weighted by Gasteiger charge is 2.60. The predicted molar refractivity (Wildman–Crippen MR) is 130 cm³/mol. The van der Waals surface area contributed by atoms with Crippen LogP contribution in [0.1, 0.15) is 27.5 Å². The molecule has 5 rings (SSSR count). The summed E-state index contributed by atoms with van der Waals surface area (Å²) in [6.45, 7) is 1.90. The van der Waals surface area contributed by atoms with Crippen LogP contribution >= 0.6 is 15.9 Å². The first kappa shape index (κ1) is 22.3. The molecule has 0 unspecified atom stereocenters. The highest BCUT2D eigenvalue weighted by molar-refractivity contribution is 9.10. The van der Waals surface area contributed by atoms with Crippen molar-refractivity contribution in [3.05, 3.63) is 94.0 Å². The number of carbonyl (C=O) groups is 3. The molecule has 1 N–H and O–H groups in total. The number of carbonyl (C=O) groups excluding carboxylic acids is 3. The van der Waals surface area contributed by atoms with Crippen molar-refractivity contribution in [2.45, 2.75) is 19.0 Å². The largest absolute Gasteiger partial charge is 0.497 e. The molecule has 0 aliphatic carbocycles. The maximum absolute atomic E-state index is 13.7. The second-order valence-corrected chi connectivity index (χ2v) is 9.31. The van der Waals surface area contributed by atoms with Gasteiger partial charge < -0.3 is 4.74 Å². The smallest absolute Gasteiger partial charge is 0.268 e. The molecule has 3 aromatic carbocycles. The first-order valence-corrected chi connectivity index (χ1v) is 11.6. The molecule has 0 aromatic heterocycles. The van der Waals surface area contributed by atoms with Crippen LogP contribution in [0.4, 0.5) is 5.69 Å². The van der Waals surface area contributed by atoms with E-state index >= 15 is 0 Å². The molecular weight excluding hydrogens is 498 g/mol. The SMILES string of the molecule is COc1cccc([C@@H]2NN(C(=O)c3cccc(Br)c3)[C@H]3C(=O)N(c4cccc(C)c4)C(=O)[C@@H]23)c1. The number of benzene rings is 3. The third-order valence-electron chi connectivity index (χ3n) is 6.24. The van der Waals surface area contributed by atoms with Crippen molar-refractivity contribution >= 4 is 39.3 Å². The van der Waals surface area contributed by atoms with Gasteiger partial charge in [0.1, 0.15) is 11.8 Å². The van der Waals surface area contributed by atoms with Gasteiger partial charge in [0, 0.05) is 10.0 Å². The van der Waals surface area contributed by atoms with Crippen LogP contribution in [0.5, 0.6) is 5.75 Å². The Morgan fingerprint density at radius 1 is 0.971 bits per heavy atom. The lowest BCUT2D eigenvalue weighted by Gasteiger charge is -2.25. The van der Waals surface area contributed by atoms with Crippen LogP contribution in [0.15, 0.2) is 77.3 Å². The number of halogens is 1. The fourth-order valence-corrected chi connectivity index (χ4v) is 5.07. The van der Waals surface area contributed by atoms with Gasteiger partial charge in [0.2, 0.25) is 5.91 Å². The molecule has 0 saturated carbocycles. The van der Waals surface area contributed by atoms with Crippen molar-refractivity contribution in [2.24, 2.45) is 5.92 Å². The second-order valence-electron chi connectivity index (χ2n) is 8.39. The molecule has 172 valence electrons. The number of amides is 3. The van der Waals surface area contributed by atoms with Crippen LogP contribution in [-0.4, -0.2) is 35.9 Å². The molecule has 3 atom stereocenters. The minimum absolute atomic E-state index is 0.342. The molecule has 2 aliphatic rings. The summed E-state index contributed by atoms with van der Waals surface area (Å²) in [4.78, 5) is 42.1. The van der Waals surface area contributed by atoms with Crippen LogP contribution < -0.4 is 15.1 Å². The van der Waals surface area contributed by atoms with Gasteiger partial charge >= 0.3 is 0 Å². The molecule has 0 radical (unpaired) electrons. The van der Waals surface area contributed by atoms with Crippen molar-refractivity contribution in [2.75, 3.05) is 12.0 Å². The summed E-state index contributed by atoms with van der Waals surface area (Å²) in [6.07, 6.45) is 0. The first-order valence-electron chi connectivity index (χ1n) is 10.8. The maximum atomic E-state index is 13.7. The molecule has 8 heteroatoms. The topological polar surface area (TPSA) is 79.0 Å². The summed E-state index contributed by atoms with van der Waals surface area (Å²) in [5, 5.41) is 1.31. The van der Waals surface area contributed by atoms with Crippen LogP contribution in [-0.2, 0) is 9.59 Å². The zero-order chi connectivity index (χ0) is 24.0. The Labute approximate surface area is 205 Å². The van der Waals surface area contributed by atoms with E-state index in [4.69, 9.17) is 4.74 Å². The van der Waals surface area contributed by atoms with Gasteiger partial charge in [0.15, 0.2) is 0 Å². The van der Waals surface area contributed by atoms with Crippen molar-refractivity contribution < 1.29 is 19.1 Å². The first-order chi connectivity index (χ1) is 16.4.